The van der Waals surface area contributed by atoms with E-state index in [4.69, 9.17) is 16.3 Å². The van der Waals surface area contributed by atoms with Crippen LogP contribution in [0.1, 0.15) is 12.5 Å². The number of esters is 1. The first-order chi connectivity index (χ1) is 7.85. The van der Waals surface area contributed by atoms with Crippen LogP contribution in [0.4, 0.5) is 8.78 Å². The minimum atomic E-state index is -1.67. The number of epoxide rings is 1. The largest absolute Gasteiger partial charge is 0.466 e. The van der Waals surface area contributed by atoms with Crippen LogP contribution < -0.4 is 0 Å². The molecule has 1 saturated heterocycles. The van der Waals surface area contributed by atoms with Crippen LogP contribution in [0.3, 0.4) is 0 Å². The molecule has 3 nitrogen and oxygen atoms in total. The Hall–Kier alpha value is -1.20. The highest BCUT2D eigenvalue weighted by Crippen LogP contribution is 2.59. The van der Waals surface area contributed by atoms with Crippen LogP contribution in [0.15, 0.2) is 18.2 Å². The van der Waals surface area contributed by atoms with Crippen molar-refractivity contribution in [3.8, 4) is 0 Å². The zero-order valence-corrected chi connectivity index (χ0v) is 9.85. The molecule has 0 aromatic heterocycles. The van der Waals surface area contributed by atoms with Gasteiger partial charge in [0.2, 0.25) is 0 Å². The lowest BCUT2D eigenvalue weighted by molar-refractivity contribution is -0.143. The first kappa shape index (κ1) is 12.3. The fourth-order valence-electron chi connectivity index (χ4n) is 1.66. The molecule has 0 bridgehead atoms. The zero-order valence-electron chi connectivity index (χ0n) is 9.09. The standard InChI is InChI=1S/C11H9ClF2O3/c1-10(11(12,17-10)9(15)16-2)6-3-4-7(13)8(14)5-6/h3-5H,1-2H3. The van der Waals surface area contributed by atoms with Gasteiger partial charge in [0.15, 0.2) is 11.6 Å². The first-order valence-corrected chi connectivity index (χ1v) is 5.16. The van der Waals surface area contributed by atoms with E-state index in [0.717, 1.165) is 12.1 Å². The maximum atomic E-state index is 13.1. The molecule has 0 amide bonds. The average molecular weight is 263 g/mol. The molecular weight excluding hydrogens is 254 g/mol. The summed E-state index contributed by atoms with van der Waals surface area (Å²) in [6, 6.07) is 3.21. The van der Waals surface area contributed by atoms with E-state index in [1.54, 1.807) is 0 Å². The Morgan fingerprint density at radius 1 is 1.41 bits per heavy atom. The molecule has 0 N–H and O–H groups in total. The number of ether oxygens (including phenoxy) is 2. The second kappa shape index (κ2) is 3.65. The van der Waals surface area contributed by atoms with Crippen LogP contribution in [-0.2, 0) is 19.9 Å². The highest BCUT2D eigenvalue weighted by molar-refractivity contribution is 6.35. The molecule has 0 spiro atoms. The molecule has 1 fully saturated rings. The summed E-state index contributed by atoms with van der Waals surface area (Å²) in [6.45, 7) is 1.50. The van der Waals surface area contributed by atoms with Gasteiger partial charge >= 0.3 is 5.97 Å². The minimum Gasteiger partial charge on any atom is -0.466 e. The molecule has 2 rings (SSSR count). The fourth-order valence-corrected chi connectivity index (χ4v) is 2.00. The molecule has 6 heteroatoms. The third kappa shape index (κ3) is 1.61. The van der Waals surface area contributed by atoms with E-state index in [1.165, 1.54) is 20.1 Å². The van der Waals surface area contributed by atoms with E-state index < -0.39 is 28.3 Å². The van der Waals surface area contributed by atoms with Crippen molar-refractivity contribution in [2.45, 2.75) is 17.6 Å². The van der Waals surface area contributed by atoms with Crippen LogP contribution >= 0.6 is 11.6 Å². The van der Waals surface area contributed by atoms with Gasteiger partial charge in [-0.05, 0) is 24.6 Å². The average Bonchev–Trinajstić information content (AvgIpc) is 2.87. The lowest BCUT2D eigenvalue weighted by atomic mass is 9.97. The molecule has 0 saturated carbocycles. The summed E-state index contributed by atoms with van der Waals surface area (Å²) in [7, 11) is 1.17. The molecule has 1 aromatic carbocycles. The lowest BCUT2D eigenvalue weighted by Gasteiger charge is -2.09. The minimum absolute atomic E-state index is 0.275. The Kier molecular flexibility index (Phi) is 2.63. The molecule has 92 valence electrons. The maximum Gasteiger partial charge on any atom is 0.357 e. The molecular formula is C11H9ClF2O3. The molecule has 1 aliphatic heterocycles. The van der Waals surface area contributed by atoms with Gasteiger partial charge in [-0.2, -0.15) is 0 Å². The summed E-state index contributed by atoms with van der Waals surface area (Å²) in [5.74, 6) is -2.77. The van der Waals surface area contributed by atoms with Gasteiger partial charge in [-0.1, -0.05) is 17.7 Å². The summed E-state index contributed by atoms with van der Waals surface area (Å²) in [5, 5.41) is -1.67. The normalized spacial score (nSPS) is 31.1. The zero-order chi connectivity index (χ0) is 12.8. The van der Waals surface area contributed by atoms with Crippen molar-refractivity contribution < 1.29 is 23.0 Å². The number of hydrogen-bond donors (Lipinski definition) is 0. The second-order valence-electron chi connectivity index (χ2n) is 3.85. The highest BCUT2D eigenvalue weighted by Gasteiger charge is 2.73. The molecule has 2 unspecified atom stereocenters. The number of carbonyl (C=O) groups excluding carboxylic acids is 1. The predicted octanol–water partition coefficient (Wildman–Crippen LogP) is 2.32. The van der Waals surface area contributed by atoms with Gasteiger partial charge in [0.25, 0.3) is 5.06 Å². The van der Waals surface area contributed by atoms with Crippen molar-refractivity contribution in [2.24, 2.45) is 0 Å². The number of methoxy groups -OCH3 is 1. The number of halogens is 3. The van der Waals surface area contributed by atoms with Gasteiger partial charge in [-0.25, -0.2) is 13.6 Å². The Morgan fingerprint density at radius 3 is 2.59 bits per heavy atom. The second-order valence-corrected chi connectivity index (χ2v) is 4.38. The topological polar surface area (TPSA) is 38.8 Å². The van der Waals surface area contributed by atoms with Gasteiger partial charge < -0.3 is 9.47 Å². The van der Waals surface area contributed by atoms with Gasteiger partial charge in [-0.15, -0.1) is 0 Å². The number of carbonyl (C=O) groups is 1. The van der Waals surface area contributed by atoms with E-state index >= 15 is 0 Å². The highest BCUT2D eigenvalue weighted by atomic mass is 35.5. The number of hydrogen-bond acceptors (Lipinski definition) is 3. The molecule has 17 heavy (non-hydrogen) atoms. The summed E-state index contributed by atoms with van der Waals surface area (Å²) >= 11 is 5.92. The monoisotopic (exact) mass is 262 g/mol. The SMILES string of the molecule is COC(=O)C1(Cl)OC1(C)c1ccc(F)c(F)c1. The van der Waals surface area contributed by atoms with E-state index in [2.05, 4.69) is 4.74 Å². The molecule has 1 aromatic rings. The summed E-state index contributed by atoms with van der Waals surface area (Å²) in [6.07, 6.45) is 0. The number of alkyl halides is 1. The van der Waals surface area contributed by atoms with E-state index in [-0.39, 0.29) is 5.56 Å². The smallest absolute Gasteiger partial charge is 0.357 e. The van der Waals surface area contributed by atoms with Crippen molar-refractivity contribution >= 4 is 17.6 Å². The maximum absolute atomic E-state index is 13.1. The molecule has 0 radical (unpaired) electrons. The van der Waals surface area contributed by atoms with E-state index in [0.29, 0.717) is 0 Å². The third-order valence-electron chi connectivity index (χ3n) is 2.84. The van der Waals surface area contributed by atoms with Crippen molar-refractivity contribution in [3.63, 3.8) is 0 Å². The Bertz CT molecular complexity index is 494. The van der Waals surface area contributed by atoms with Crippen molar-refractivity contribution in [3.05, 3.63) is 35.4 Å². The van der Waals surface area contributed by atoms with E-state index in [1.807, 2.05) is 0 Å². The fraction of sp³-hybridized carbons (Fsp3) is 0.364. The van der Waals surface area contributed by atoms with Gasteiger partial charge in [0, 0.05) is 0 Å². The molecule has 1 heterocycles. The van der Waals surface area contributed by atoms with E-state index in [9.17, 15) is 13.6 Å². The summed E-state index contributed by atoms with van der Waals surface area (Å²) in [4.78, 5) is 11.4. The molecule has 2 atom stereocenters. The van der Waals surface area contributed by atoms with Gasteiger partial charge in [-0.3, -0.25) is 0 Å². The van der Waals surface area contributed by atoms with Gasteiger partial charge in [0.1, 0.15) is 5.60 Å². The first-order valence-electron chi connectivity index (χ1n) is 4.78. The van der Waals surface area contributed by atoms with Crippen LogP contribution in [0.5, 0.6) is 0 Å². The van der Waals surface area contributed by atoms with Crippen molar-refractivity contribution in [1.29, 1.82) is 0 Å². The molecule has 1 aliphatic rings. The van der Waals surface area contributed by atoms with Crippen LogP contribution in [0.2, 0.25) is 0 Å². The Balaban J connectivity index is 2.36. The number of rotatable bonds is 2. The predicted molar refractivity (Wildman–Crippen MR) is 55.4 cm³/mol. The summed E-state index contributed by atoms with van der Waals surface area (Å²) in [5.41, 5.74) is -0.937. The van der Waals surface area contributed by atoms with Crippen LogP contribution in [-0.4, -0.2) is 18.1 Å². The molecule has 0 aliphatic carbocycles. The third-order valence-corrected chi connectivity index (χ3v) is 3.43. The quantitative estimate of drug-likeness (QED) is 0.466. The van der Waals surface area contributed by atoms with Crippen LogP contribution in [0.25, 0.3) is 0 Å². The number of benzene rings is 1. The van der Waals surface area contributed by atoms with Crippen LogP contribution in [0, 0.1) is 11.6 Å². The Morgan fingerprint density at radius 2 is 2.06 bits per heavy atom. The van der Waals surface area contributed by atoms with Gasteiger partial charge in [0.05, 0.1) is 7.11 Å². The van der Waals surface area contributed by atoms with Crippen molar-refractivity contribution in [2.75, 3.05) is 7.11 Å². The summed E-state index contributed by atoms with van der Waals surface area (Å²) < 4.78 is 35.5. The lowest BCUT2D eigenvalue weighted by Crippen LogP contribution is -2.27. The van der Waals surface area contributed by atoms with Crippen molar-refractivity contribution in [1.82, 2.24) is 0 Å². The Labute approximate surface area is 101 Å².